The lowest BCUT2D eigenvalue weighted by atomic mass is 9.96. The van der Waals surface area contributed by atoms with Gasteiger partial charge in [0.15, 0.2) is 0 Å². The average molecular weight is 504 g/mol. The quantitative estimate of drug-likeness (QED) is 0.626. The zero-order valence-corrected chi connectivity index (χ0v) is 21.8. The van der Waals surface area contributed by atoms with Crippen molar-refractivity contribution < 1.29 is 14.3 Å². The summed E-state index contributed by atoms with van der Waals surface area (Å²) in [5.74, 6) is 0.579. The van der Waals surface area contributed by atoms with E-state index in [0.717, 1.165) is 68.3 Å². The summed E-state index contributed by atoms with van der Waals surface area (Å²) in [6.45, 7) is 2.74. The number of aromatic nitrogens is 2. The van der Waals surface area contributed by atoms with Crippen LogP contribution in [-0.4, -0.2) is 77.7 Å². The minimum Gasteiger partial charge on any atom is -0.496 e. The molecule has 2 aliphatic heterocycles. The van der Waals surface area contributed by atoms with E-state index >= 15 is 0 Å². The molecule has 2 unspecified atom stereocenters. The molecule has 1 aromatic heterocycles. The van der Waals surface area contributed by atoms with Crippen molar-refractivity contribution in [2.24, 2.45) is 5.92 Å². The van der Waals surface area contributed by atoms with E-state index in [4.69, 9.17) is 4.74 Å². The fourth-order valence-corrected chi connectivity index (χ4v) is 5.74. The number of piperidine rings is 1. The highest BCUT2D eigenvalue weighted by Crippen LogP contribution is 2.33. The molecule has 3 aliphatic rings. The van der Waals surface area contributed by atoms with Gasteiger partial charge in [-0.2, -0.15) is 5.10 Å². The highest BCUT2D eigenvalue weighted by Gasteiger charge is 2.33. The summed E-state index contributed by atoms with van der Waals surface area (Å²) >= 11 is 0. The Morgan fingerprint density at radius 2 is 1.97 bits per heavy atom. The van der Waals surface area contributed by atoms with Crippen molar-refractivity contribution in [2.45, 2.75) is 50.6 Å². The van der Waals surface area contributed by atoms with E-state index in [-0.39, 0.29) is 29.8 Å². The lowest BCUT2D eigenvalue weighted by Crippen LogP contribution is -2.45. The van der Waals surface area contributed by atoms with E-state index in [2.05, 4.69) is 45.7 Å². The number of rotatable bonds is 6. The third-order valence-corrected chi connectivity index (χ3v) is 7.91. The molecule has 3 heterocycles. The number of likely N-dealkylation sites (tertiary alicyclic amines) is 2. The molecule has 0 saturated carbocycles. The van der Waals surface area contributed by atoms with Gasteiger partial charge in [0, 0.05) is 35.5 Å². The maximum atomic E-state index is 13.7. The van der Waals surface area contributed by atoms with Crippen LogP contribution in [0.15, 0.2) is 54.4 Å². The van der Waals surface area contributed by atoms with Gasteiger partial charge in [0.1, 0.15) is 5.75 Å². The van der Waals surface area contributed by atoms with Crippen LogP contribution in [0.1, 0.15) is 48.9 Å². The number of ether oxygens (including phenoxy) is 1. The van der Waals surface area contributed by atoms with Crippen LogP contribution in [0, 0.1) is 5.92 Å². The lowest BCUT2D eigenvalue weighted by molar-refractivity contribution is -0.124. The summed E-state index contributed by atoms with van der Waals surface area (Å²) in [5, 5.41) is 10.1. The Bertz CT molecular complexity index is 1160. The number of nitrogens with zero attached hydrogens (tertiary/aromatic N) is 3. The molecule has 2 atom stereocenters. The number of aromatic amines is 1. The first kappa shape index (κ1) is 25.3. The highest BCUT2D eigenvalue weighted by atomic mass is 16.5. The molecule has 5 rings (SSSR count). The molecule has 2 fully saturated rings. The second kappa shape index (κ2) is 11.3. The molecule has 8 nitrogen and oxygen atoms in total. The maximum Gasteiger partial charge on any atom is 0.254 e. The van der Waals surface area contributed by atoms with E-state index in [1.54, 1.807) is 19.5 Å². The lowest BCUT2D eigenvalue weighted by Gasteiger charge is -2.30. The Morgan fingerprint density at radius 1 is 1.14 bits per heavy atom. The number of nitrogens with one attached hydrogen (secondary N) is 2. The molecule has 196 valence electrons. The van der Waals surface area contributed by atoms with Gasteiger partial charge in [0.25, 0.3) is 5.91 Å². The Kier molecular flexibility index (Phi) is 7.74. The number of carbonyl (C=O) groups is 2. The molecule has 0 radical (unpaired) electrons. The molecule has 2 saturated heterocycles. The summed E-state index contributed by atoms with van der Waals surface area (Å²) < 4.78 is 5.61. The van der Waals surface area contributed by atoms with Crippen LogP contribution in [0.2, 0.25) is 0 Å². The number of hydrogen-bond donors (Lipinski definition) is 2. The van der Waals surface area contributed by atoms with Crippen molar-refractivity contribution >= 4 is 11.8 Å². The van der Waals surface area contributed by atoms with Crippen LogP contribution in [0.25, 0.3) is 11.1 Å². The number of H-pyrrole nitrogens is 1. The maximum absolute atomic E-state index is 13.7. The van der Waals surface area contributed by atoms with Crippen LogP contribution < -0.4 is 10.1 Å². The van der Waals surface area contributed by atoms with Crippen molar-refractivity contribution in [3.63, 3.8) is 0 Å². The van der Waals surface area contributed by atoms with Crippen LogP contribution in [0.3, 0.4) is 0 Å². The topological polar surface area (TPSA) is 90.6 Å². The zero-order chi connectivity index (χ0) is 25.8. The number of hydrogen-bond acceptors (Lipinski definition) is 5. The first-order valence-electron chi connectivity index (χ1n) is 13.4. The van der Waals surface area contributed by atoms with Crippen LogP contribution in [-0.2, 0) is 4.79 Å². The van der Waals surface area contributed by atoms with Gasteiger partial charge in [0.2, 0.25) is 5.91 Å². The predicted octanol–water partition coefficient (Wildman–Crippen LogP) is 3.79. The second-order valence-corrected chi connectivity index (χ2v) is 10.4. The van der Waals surface area contributed by atoms with E-state index < -0.39 is 0 Å². The monoisotopic (exact) mass is 503 g/mol. The van der Waals surface area contributed by atoms with E-state index in [1.165, 1.54) is 0 Å². The number of benzene rings is 1. The van der Waals surface area contributed by atoms with Crippen molar-refractivity contribution in [3.8, 4) is 16.9 Å². The van der Waals surface area contributed by atoms with Crippen molar-refractivity contribution in [1.29, 1.82) is 0 Å². The number of methoxy groups -OCH3 is 1. The Labute approximate surface area is 218 Å². The van der Waals surface area contributed by atoms with Crippen molar-refractivity contribution in [3.05, 3.63) is 60.0 Å². The number of amides is 2. The van der Waals surface area contributed by atoms with Gasteiger partial charge in [-0.1, -0.05) is 18.2 Å². The van der Waals surface area contributed by atoms with Gasteiger partial charge < -0.3 is 19.9 Å². The molecule has 2 aromatic rings. The minimum absolute atomic E-state index is 0.00887. The summed E-state index contributed by atoms with van der Waals surface area (Å²) in [4.78, 5) is 31.1. The summed E-state index contributed by atoms with van der Waals surface area (Å²) in [6.07, 6.45) is 15.4. The molecular weight excluding hydrogens is 466 g/mol. The van der Waals surface area contributed by atoms with Gasteiger partial charge in [-0.05, 0) is 82.4 Å². The summed E-state index contributed by atoms with van der Waals surface area (Å²) in [6, 6.07) is 5.81. The fourth-order valence-electron chi connectivity index (χ4n) is 5.74. The van der Waals surface area contributed by atoms with Crippen LogP contribution >= 0.6 is 0 Å². The molecule has 1 aromatic carbocycles. The van der Waals surface area contributed by atoms with Crippen molar-refractivity contribution in [1.82, 2.24) is 25.3 Å². The Balaban J connectivity index is 1.32. The molecule has 0 bridgehead atoms. The van der Waals surface area contributed by atoms with E-state index in [1.807, 2.05) is 23.1 Å². The summed E-state index contributed by atoms with van der Waals surface area (Å²) in [5.41, 5.74) is 3.48. The predicted molar refractivity (Wildman–Crippen MR) is 143 cm³/mol. The van der Waals surface area contributed by atoms with Gasteiger partial charge in [-0.15, -0.1) is 0 Å². The van der Waals surface area contributed by atoms with E-state index in [0.29, 0.717) is 17.9 Å². The Hall–Kier alpha value is -3.39. The summed E-state index contributed by atoms with van der Waals surface area (Å²) in [7, 11) is 3.74. The Morgan fingerprint density at radius 3 is 2.73 bits per heavy atom. The third-order valence-electron chi connectivity index (χ3n) is 7.91. The van der Waals surface area contributed by atoms with E-state index in [9.17, 15) is 9.59 Å². The van der Waals surface area contributed by atoms with Crippen LogP contribution in [0.5, 0.6) is 5.75 Å². The fraction of sp³-hybridized carbons (Fsp3) is 0.483. The molecule has 2 N–H and O–H groups in total. The smallest absolute Gasteiger partial charge is 0.254 e. The molecule has 0 spiro atoms. The molecule has 8 heteroatoms. The normalized spacial score (nSPS) is 23.0. The first-order valence-corrected chi connectivity index (χ1v) is 13.4. The third kappa shape index (κ3) is 5.64. The molecule has 37 heavy (non-hydrogen) atoms. The van der Waals surface area contributed by atoms with Gasteiger partial charge in [-0.3, -0.25) is 14.7 Å². The first-order chi connectivity index (χ1) is 18.0. The van der Waals surface area contributed by atoms with Crippen molar-refractivity contribution in [2.75, 3.05) is 33.8 Å². The highest BCUT2D eigenvalue weighted by molar-refractivity contribution is 5.96. The number of carbonyl (C=O) groups excluding carboxylic acids is 2. The van der Waals surface area contributed by atoms with Crippen LogP contribution in [0.4, 0.5) is 0 Å². The number of allylic oxidation sites excluding steroid dienone is 1. The largest absolute Gasteiger partial charge is 0.496 e. The van der Waals surface area contributed by atoms with Gasteiger partial charge >= 0.3 is 0 Å². The van der Waals surface area contributed by atoms with Gasteiger partial charge in [0.05, 0.1) is 25.3 Å². The average Bonchev–Trinajstić information content (AvgIpc) is 3.57. The molecule has 1 aliphatic carbocycles. The second-order valence-electron chi connectivity index (χ2n) is 10.4. The molecule has 2 amide bonds. The molecular formula is C29H37N5O3. The van der Waals surface area contributed by atoms with Gasteiger partial charge in [-0.25, -0.2) is 0 Å². The standard InChI is InChI=1S/C29H37N5O3/c1-33-14-11-24(12-15-33)32-28(35)21-7-4-3-6-20(16-21)26-8-5-13-34(26)29(36)22-9-10-25(27(17-22)37-2)23-18-30-31-19-23/h3,6,9-10,16-19,21,24,26H,4-5,7-8,11-15H2,1-2H3,(H,30,31)(H,32,35). The minimum atomic E-state index is -0.170. The zero-order valence-electron chi connectivity index (χ0n) is 21.8. The SMILES string of the molecule is COc1cc(C(=O)N2CCCC2C2=CC(C(=O)NC3CCN(C)CC3)CCC=C2)ccc1-c1cn[nH]c1.